The van der Waals surface area contributed by atoms with Crippen molar-refractivity contribution in [2.75, 3.05) is 23.7 Å². The number of ether oxygens (including phenoxy) is 1. The molecule has 260 valence electrons. The van der Waals surface area contributed by atoms with E-state index in [9.17, 15) is 18.0 Å². The number of nitrogens with zero attached hydrogens (tertiary/aromatic N) is 2. The summed E-state index contributed by atoms with van der Waals surface area (Å²) < 4.78 is 35.3. The van der Waals surface area contributed by atoms with Crippen LogP contribution in [-0.4, -0.2) is 56.6 Å². The van der Waals surface area contributed by atoms with Gasteiger partial charge >= 0.3 is 0 Å². The Bertz CT molecular complexity index is 1810. The van der Waals surface area contributed by atoms with Crippen molar-refractivity contribution >= 4 is 62.5 Å². The summed E-state index contributed by atoms with van der Waals surface area (Å²) in [5.41, 5.74) is 1.73. The average Bonchev–Trinajstić information content (AvgIpc) is 3.11. The molecule has 49 heavy (non-hydrogen) atoms. The first-order chi connectivity index (χ1) is 23.5. The molecule has 0 radical (unpaired) electrons. The van der Waals surface area contributed by atoms with Crippen molar-refractivity contribution in [1.82, 2.24) is 10.2 Å². The van der Waals surface area contributed by atoms with Gasteiger partial charge in [0, 0.05) is 23.9 Å². The third-order valence-electron chi connectivity index (χ3n) is 7.97. The van der Waals surface area contributed by atoms with Crippen molar-refractivity contribution in [1.29, 1.82) is 0 Å². The molecular weight excluding hydrogens is 701 g/mol. The van der Waals surface area contributed by atoms with Crippen LogP contribution in [0.15, 0.2) is 107 Å². The van der Waals surface area contributed by atoms with E-state index in [0.717, 1.165) is 14.8 Å². The van der Waals surface area contributed by atoms with Crippen molar-refractivity contribution in [3.63, 3.8) is 0 Å². The van der Waals surface area contributed by atoms with Gasteiger partial charge in [-0.05, 0) is 98.3 Å². The molecule has 0 heterocycles. The van der Waals surface area contributed by atoms with Crippen LogP contribution in [-0.2, 0) is 32.6 Å². The topological polar surface area (TPSA) is 96.0 Å². The smallest absolute Gasteiger partial charge is 0.264 e. The third-order valence-corrected chi connectivity index (χ3v) is 11.2. The first-order valence-electron chi connectivity index (χ1n) is 15.9. The van der Waals surface area contributed by atoms with Gasteiger partial charge < -0.3 is 15.0 Å². The molecule has 0 spiro atoms. The molecule has 4 rings (SSSR count). The molecule has 0 saturated carbocycles. The summed E-state index contributed by atoms with van der Waals surface area (Å²) in [7, 11) is -4.25. The number of halogens is 2. The molecule has 0 fully saturated rings. The fraction of sp³-hybridized carbons (Fsp3) is 0.297. The number of carbonyl (C=O) groups excluding carboxylic acids is 2. The Morgan fingerprint density at radius 1 is 0.878 bits per heavy atom. The molecule has 0 aromatic heterocycles. The Kier molecular flexibility index (Phi) is 13.8. The first kappa shape index (κ1) is 38.1. The van der Waals surface area contributed by atoms with Crippen LogP contribution in [0, 0.1) is 0 Å². The fourth-order valence-electron chi connectivity index (χ4n) is 5.11. The lowest BCUT2D eigenvalue weighted by Crippen LogP contribution is -2.54. The quantitative estimate of drug-likeness (QED) is 0.118. The highest BCUT2D eigenvalue weighted by molar-refractivity contribution is 7.98. The van der Waals surface area contributed by atoms with E-state index >= 15 is 0 Å². The summed E-state index contributed by atoms with van der Waals surface area (Å²) in [6.07, 6.45) is 2.78. The van der Waals surface area contributed by atoms with Gasteiger partial charge in [-0.2, -0.15) is 0 Å². The van der Waals surface area contributed by atoms with E-state index in [0.29, 0.717) is 34.4 Å². The SMILES string of the molecule is CCOc1ccc(N(CC(=O)N(Cc2ccc(Cl)c(Cl)c2)[C@H](Cc2ccccc2)C(=O)N[C@H](C)CC)S(=O)(=O)c2ccc(SC)cc2)cc1. The van der Waals surface area contributed by atoms with Crippen LogP contribution in [0.2, 0.25) is 10.0 Å². The van der Waals surface area contributed by atoms with Crippen LogP contribution in [0.1, 0.15) is 38.3 Å². The standard InChI is InChI=1S/C37H41Cl2N3O5S2/c1-5-26(3)40-37(44)35(23-27-10-8-7-9-11-27)41(24-28-12-21-33(38)34(39)22-28)36(43)25-42(29-13-15-30(16-14-29)47-6-2)49(45,46)32-19-17-31(48-4)18-20-32/h7-22,26,35H,5-6,23-25H2,1-4H3,(H,40,44)/t26-,35-/m1/s1. The minimum Gasteiger partial charge on any atom is -0.494 e. The maximum absolute atomic E-state index is 14.7. The molecule has 1 N–H and O–H groups in total. The van der Waals surface area contributed by atoms with Crippen molar-refractivity contribution in [3.05, 3.63) is 118 Å². The molecule has 0 aliphatic rings. The van der Waals surface area contributed by atoms with E-state index in [1.165, 1.54) is 28.8 Å². The summed E-state index contributed by atoms with van der Waals surface area (Å²) >= 11 is 14.1. The molecule has 12 heteroatoms. The lowest BCUT2D eigenvalue weighted by molar-refractivity contribution is -0.140. The van der Waals surface area contributed by atoms with Gasteiger partial charge in [-0.15, -0.1) is 11.8 Å². The zero-order valence-corrected chi connectivity index (χ0v) is 31.1. The van der Waals surface area contributed by atoms with E-state index in [1.54, 1.807) is 54.6 Å². The Morgan fingerprint density at radius 2 is 1.55 bits per heavy atom. The number of rotatable bonds is 16. The summed E-state index contributed by atoms with van der Waals surface area (Å²) in [6.45, 7) is 5.54. The maximum Gasteiger partial charge on any atom is 0.264 e. The zero-order valence-electron chi connectivity index (χ0n) is 27.9. The number of anilines is 1. The summed E-state index contributed by atoms with van der Waals surface area (Å²) in [4.78, 5) is 31.0. The number of amides is 2. The molecule has 0 bridgehead atoms. The number of carbonyl (C=O) groups is 2. The van der Waals surface area contributed by atoms with Crippen molar-refractivity contribution in [2.45, 2.75) is 62.0 Å². The van der Waals surface area contributed by atoms with Crippen LogP contribution >= 0.6 is 35.0 Å². The van der Waals surface area contributed by atoms with Crippen LogP contribution in [0.25, 0.3) is 0 Å². The predicted molar refractivity (Wildman–Crippen MR) is 199 cm³/mol. The van der Waals surface area contributed by atoms with Gasteiger partial charge in [-0.3, -0.25) is 13.9 Å². The number of sulfonamides is 1. The maximum atomic E-state index is 14.7. The molecule has 0 saturated heterocycles. The monoisotopic (exact) mass is 741 g/mol. The van der Waals surface area contributed by atoms with Crippen molar-refractivity contribution < 1.29 is 22.7 Å². The molecule has 0 unspecified atom stereocenters. The molecule has 4 aromatic carbocycles. The van der Waals surface area contributed by atoms with Gasteiger partial charge in [0.25, 0.3) is 10.0 Å². The van der Waals surface area contributed by atoms with Gasteiger partial charge in [0.05, 0.1) is 27.2 Å². The number of thioether (sulfide) groups is 1. The highest BCUT2D eigenvalue weighted by Gasteiger charge is 2.35. The number of hydrogen-bond donors (Lipinski definition) is 1. The Labute approximate surface area is 303 Å². The van der Waals surface area contributed by atoms with Crippen molar-refractivity contribution in [2.24, 2.45) is 0 Å². The molecule has 8 nitrogen and oxygen atoms in total. The lowest BCUT2D eigenvalue weighted by atomic mass is 10.0. The zero-order chi connectivity index (χ0) is 35.6. The minimum absolute atomic E-state index is 0.0263. The van der Waals surface area contributed by atoms with Crippen LogP contribution < -0.4 is 14.4 Å². The Hall–Kier alpha value is -3.70. The summed E-state index contributed by atoms with van der Waals surface area (Å²) in [6, 6.07) is 26.3. The van der Waals surface area contributed by atoms with E-state index in [1.807, 2.05) is 57.4 Å². The first-order valence-corrected chi connectivity index (χ1v) is 19.4. The third kappa shape index (κ3) is 10.2. The Balaban J connectivity index is 1.82. The molecular formula is C37H41Cl2N3O5S2. The largest absolute Gasteiger partial charge is 0.494 e. The van der Waals surface area contributed by atoms with Crippen LogP contribution in [0.4, 0.5) is 5.69 Å². The van der Waals surface area contributed by atoms with Gasteiger partial charge in [-0.1, -0.05) is 66.5 Å². The fourth-order valence-corrected chi connectivity index (χ4v) is 7.25. The van der Waals surface area contributed by atoms with Gasteiger partial charge in [0.15, 0.2) is 0 Å². The summed E-state index contributed by atoms with van der Waals surface area (Å²) in [5, 5.41) is 3.67. The number of hydrogen-bond acceptors (Lipinski definition) is 6. The second-order valence-corrected chi connectivity index (χ2v) is 15.0. The number of benzene rings is 4. The van der Waals surface area contributed by atoms with Gasteiger partial charge in [0.2, 0.25) is 11.8 Å². The molecule has 4 aromatic rings. The predicted octanol–water partition coefficient (Wildman–Crippen LogP) is 7.86. The van der Waals surface area contributed by atoms with E-state index in [-0.39, 0.29) is 35.5 Å². The molecule has 0 aliphatic carbocycles. The van der Waals surface area contributed by atoms with E-state index < -0.39 is 28.5 Å². The lowest BCUT2D eigenvalue weighted by Gasteiger charge is -2.34. The van der Waals surface area contributed by atoms with E-state index in [2.05, 4.69) is 5.32 Å². The van der Waals surface area contributed by atoms with Crippen LogP contribution in [0.3, 0.4) is 0 Å². The molecule has 2 atom stereocenters. The van der Waals surface area contributed by atoms with Gasteiger partial charge in [-0.25, -0.2) is 8.42 Å². The van der Waals surface area contributed by atoms with Crippen LogP contribution in [0.5, 0.6) is 5.75 Å². The highest BCUT2D eigenvalue weighted by atomic mass is 35.5. The highest BCUT2D eigenvalue weighted by Crippen LogP contribution is 2.29. The molecule has 2 amide bonds. The number of nitrogens with one attached hydrogen (secondary N) is 1. The second kappa shape index (κ2) is 17.8. The average molecular weight is 743 g/mol. The normalized spacial score (nSPS) is 12.5. The molecule has 0 aliphatic heterocycles. The summed E-state index contributed by atoms with van der Waals surface area (Å²) in [5.74, 6) is -0.371. The van der Waals surface area contributed by atoms with E-state index in [4.69, 9.17) is 27.9 Å². The Morgan fingerprint density at radius 3 is 2.14 bits per heavy atom. The van der Waals surface area contributed by atoms with Gasteiger partial charge in [0.1, 0.15) is 18.3 Å². The van der Waals surface area contributed by atoms with Crippen molar-refractivity contribution in [3.8, 4) is 5.75 Å². The minimum atomic E-state index is -4.25. The second-order valence-electron chi connectivity index (χ2n) is 11.4.